The third-order valence-electron chi connectivity index (χ3n) is 8.95. The van der Waals surface area contributed by atoms with Gasteiger partial charge in [-0.2, -0.15) is 0 Å². The number of anilines is 1. The zero-order chi connectivity index (χ0) is 29.1. The Balaban J connectivity index is 1.47. The van der Waals surface area contributed by atoms with Crippen LogP contribution in [0.3, 0.4) is 0 Å². The fourth-order valence-corrected chi connectivity index (χ4v) is 6.65. The third kappa shape index (κ3) is 5.23. The minimum Gasteiger partial charge on any atom is -0.438 e. The number of aryl methyl sites for hydroxylation is 1. The average molecular weight is 552 g/mol. The van der Waals surface area contributed by atoms with Crippen LogP contribution in [0.4, 0.5) is 5.69 Å². The van der Waals surface area contributed by atoms with Gasteiger partial charge in [0, 0.05) is 23.4 Å². The van der Waals surface area contributed by atoms with Crippen LogP contribution >= 0.6 is 0 Å². The molecule has 0 saturated heterocycles. The van der Waals surface area contributed by atoms with Gasteiger partial charge in [0.1, 0.15) is 0 Å². The van der Waals surface area contributed by atoms with Gasteiger partial charge in [0.2, 0.25) is 5.88 Å². The van der Waals surface area contributed by atoms with Crippen molar-refractivity contribution in [2.75, 3.05) is 11.4 Å². The Labute approximate surface area is 251 Å². The summed E-state index contributed by atoms with van der Waals surface area (Å²) in [5.74, 6) is 1.83. The molecule has 1 aliphatic rings. The molecule has 2 heteroatoms. The van der Waals surface area contributed by atoms with Gasteiger partial charge >= 0.3 is 0 Å². The van der Waals surface area contributed by atoms with E-state index in [1.165, 1.54) is 52.1 Å². The number of allylic oxidation sites excluding steroid dienone is 2. The van der Waals surface area contributed by atoms with Gasteiger partial charge in [0.05, 0.1) is 5.69 Å². The first-order chi connectivity index (χ1) is 20.5. The van der Waals surface area contributed by atoms with Gasteiger partial charge < -0.3 is 9.64 Å². The van der Waals surface area contributed by atoms with E-state index in [0.717, 1.165) is 47.7 Å². The number of fused-ring (bicyclic) bond motifs is 4. The average Bonchev–Trinajstić information content (AvgIpc) is 3.36. The number of unbranched alkanes of at least 4 members (excludes halogenated alkanes) is 3. The number of hydrogen-bond acceptors (Lipinski definition) is 2. The van der Waals surface area contributed by atoms with Gasteiger partial charge in [-0.05, 0) is 64.3 Å². The lowest BCUT2D eigenvalue weighted by Crippen LogP contribution is -2.30. The molecular weight excluding hydrogens is 510 g/mol. The maximum Gasteiger partial charge on any atom is 0.200 e. The summed E-state index contributed by atoms with van der Waals surface area (Å²) in [6.45, 7) is 12.6. The zero-order valence-electron chi connectivity index (χ0n) is 25.2. The molecule has 1 atom stereocenters. The smallest absolute Gasteiger partial charge is 0.200 e. The lowest BCUT2D eigenvalue weighted by Gasteiger charge is -2.35. The molecule has 0 aromatic heterocycles. The van der Waals surface area contributed by atoms with E-state index in [2.05, 4.69) is 135 Å². The first-order valence-corrected chi connectivity index (χ1v) is 15.4. The summed E-state index contributed by atoms with van der Waals surface area (Å²) < 4.78 is 6.79. The van der Waals surface area contributed by atoms with Crippen LogP contribution in [-0.2, 0) is 11.8 Å². The Hall–Kier alpha value is -4.30. The Bertz CT molecular complexity index is 1770. The fourth-order valence-electron chi connectivity index (χ4n) is 6.65. The van der Waals surface area contributed by atoms with Gasteiger partial charge in [0.15, 0.2) is 5.75 Å². The molecule has 0 amide bonds. The molecule has 0 radical (unpaired) electrons. The summed E-state index contributed by atoms with van der Waals surface area (Å²) in [7, 11) is 0. The maximum atomic E-state index is 6.79. The van der Waals surface area contributed by atoms with Gasteiger partial charge in [-0.25, -0.2) is 0 Å². The van der Waals surface area contributed by atoms with Crippen molar-refractivity contribution in [2.24, 2.45) is 0 Å². The first kappa shape index (κ1) is 27.8. The van der Waals surface area contributed by atoms with Gasteiger partial charge in [-0.1, -0.05) is 137 Å². The molecule has 2 nitrogen and oxygen atoms in total. The molecule has 0 bridgehead atoms. The predicted molar refractivity (Wildman–Crippen MR) is 179 cm³/mol. The van der Waals surface area contributed by atoms with E-state index >= 15 is 0 Å². The number of hydrogen-bond donors (Lipinski definition) is 0. The molecule has 0 saturated carbocycles. The van der Waals surface area contributed by atoms with E-state index in [4.69, 9.17) is 11.3 Å². The summed E-state index contributed by atoms with van der Waals surface area (Å²) in [6, 6.07) is 37.0. The number of rotatable bonds is 10. The maximum absolute atomic E-state index is 6.79. The summed E-state index contributed by atoms with van der Waals surface area (Å²) in [6.07, 6.45) is 7.87. The van der Waals surface area contributed by atoms with Crippen molar-refractivity contribution in [3.63, 3.8) is 0 Å². The van der Waals surface area contributed by atoms with E-state index in [1.807, 2.05) is 0 Å². The predicted octanol–water partition coefficient (Wildman–Crippen LogP) is 10.7. The highest BCUT2D eigenvalue weighted by atomic mass is 16.5. The van der Waals surface area contributed by atoms with Crippen molar-refractivity contribution in [2.45, 2.75) is 58.3 Å². The van der Waals surface area contributed by atoms with E-state index in [1.54, 1.807) is 0 Å². The SMILES string of the molecule is C=C(/C=C1\Oc2c(ccc3ccccc23)N1CCCCCC)C(C)(Cc1ccccc1)c1c(C)ccc2ccccc12. The van der Waals surface area contributed by atoms with Crippen LogP contribution in [-0.4, -0.2) is 6.54 Å². The van der Waals surface area contributed by atoms with Crippen LogP contribution < -0.4 is 9.64 Å². The van der Waals surface area contributed by atoms with E-state index in [0.29, 0.717) is 0 Å². The van der Waals surface area contributed by atoms with Crippen LogP contribution in [0.15, 0.2) is 127 Å². The molecule has 212 valence electrons. The quantitative estimate of drug-likeness (QED) is 0.160. The van der Waals surface area contributed by atoms with Crippen LogP contribution in [0, 0.1) is 6.92 Å². The van der Waals surface area contributed by atoms with Crippen molar-refractivity contribution in [1.82, 2.24) is 0 Å². The highest BCUT2D eigenvalue weighted by Gasteiger charge is 2.35. The van der Waals surface area contributed by atoms with Crippen molar-refractivity contribution in [3.05, 3.63) is 144 Å². The van der Waals surface area contributed by atoms with E-state index in [9.17, 15) is 0 Å². The molecule has 1 heterocycles. The van der Waals surface area contributed by atoms with Crippen molar-refractivity contribution in [3.8, 4) is 5.75 Å². The summed E-state index contributed by atoms with van der Waals surface area (Å²) in [5.41, 5.74) is 5.76. The molecule has 1 aliphatic heterocycles. The van der Waals surface area contributed by atoms with Crippen molar-refractivity contribution < 1.29 is 4.74 Å². The lowest BCUT2D eigenvalue weighted by atomic mass is 9.69. The molecule has 0 aliphatic carbocycles. The van der Waals surface area contributed by atoms with E-state index in [-0.39, 0.29) is 5.41 Å². The lowest BCUT2D eigenvalue weighted by molar-refractivity contribution is 0.437. The number of ether oxygens (including phenoxy) is 1. The third-order valence-corrected chi connectivity index (χ3v) is 8.95. The summed E-state index contributed by atoms with van der Waals surface area (Å²) in [4.78, 5) is 2.38. The molecule has 6 rings (SSSR count). The fraction of sp³-hybridized carbons (Fsp3) is 0.250. The topological polar surface area (TPSA) is 12.5 Å². The van der Waals surface area contributed by atoms with Crippen LogP contribution in [0.25, 0.3) is 21.5 Å². The molecule has 5 aromatic rings. The van der Waals surface area contributed by atoms with Crippen molar-refractivity contribution >= 4 is 27.2 Å². The highest BCUT2D eigenvalue weighted by molar-refractivity contribution is 5.95. The Kier molecular flexibility index (Phi) is 7.89. The molecule has 0 spiro atoms. The Morgan fingerprint density at radius 2 is 1.45 bits per heavy atom. The second kappa shape index (κ2) is 11.9. The van der Waals surface area contributed by atoms with Crippen molar-refractivity contribution in [1.29, 1.82) is 0 Å². The highest BCUT2D eigenvalue weighted by Crippen LogP contribution is 2.47. The molecule has 0 N–H and O–H groups in total. The number of benzene rings is 5. The van der Waals surface area contributed by atoms with E-state index < -0.39 is 0 Å². The molecule has 5 aromatic carbocycles. The minimum atomic E-state index is -0.354. The second-order valence-corrected chi connectivity index (χ2v) is 11.9. The summed E-state index contributed by atoms with van der Waals surface area (Å²) in [5, 5.41) is 4.89. The summed E-state index contributed by atoms with van der Waals surface area (Å²) >= 11 is 0. The molecule has 42 heavy (non-hydrogen) atoms. The minimum absolute atomic E-state index is 0.354. The van der Waals surface area contributed by atoms with Gasteiger partial charge in [-0.15, -0.1) is 0 Å². The molecule has 0 fully saturated rings. The van der Waals surface area contributed by atoms with Crippen LogP contribution in [0.2, 0.25) is 0 Å². The monoisotopic (exact) mass is 551 g/mol. The second-order valence-electron chi connectivity index (χ2n) is 11.9. The number of nitrogens with zero attached hydrogens (tertiary/aromatic N) is 1. The van der Waals surface area contributed by atoms with Crippen LogP contribution in [0.1, 0.15) is 56.2 Å². The van der Waals surface area contributed by atoms with Gasteiger partial charge in [0.25, 0.3) is 0 Å². The molecule has 1 unspecified atom stereocenters. The first-order valence-electron chi connectivity index (χ1n) is 15.4. The van der Waals surface area contributed by atoms with Crippen LogP contribution in [0.5, 0.6) is 5.75 Å². The Morgan fingerprint density at radius 1 is 0.786 bits per heavy atom. The zero-order valence-corrected chi connectivity index (χ0v) is 25.2. The normalized spacial score (nSPS) is 15.1. The standard InChI is InChI=1S/C40H41NO/c1-5-6-7-15-26-41-36-25-24-33-19-12-14-21-35(33)39(36)42-37(41)27-30(3)40(4,28-31-16-9-8-10-17-31)38-29(2)22-23-32-18-11-13-20-34(32)38/h8-14,16-25,27H,3,5-7,15,26,28H2,1-2,4H3/b37-27-. The largest absolute Gasteiger partial charge is 0.438 e. The molecular formula is C40H41NO. The van der Waals surface area contributed by atoms with Gasteiger partial charge in [-0.3, -0.25) is 0 Å². The Morgan fingerprint density at radius 3 is 2.21 bits per heavy atom.